The largest absolute Gasteiger partial charge is 0.341 e. The van der Waals surface area contributed by atoms with Crippen molar-refractivity contribution in [1.29, 1.82) is 0 Å². The highest BCUT2D eigenvalue weighted by Gasteiger charge is 2.21. The van der Waals surface area contributed by atoms with Gasteiger partial charge < -0.3 is 10.6 Å². The van der Waals surface area contributed by atoms with Crippen LogP contribution >= 0.6 is 0 Å². The van der Waals surface area contributed by atoms with Crippen molar-refractivity contribution in [3.63, 3.8) is 0 Å². The molecule has 0 saturated carbocycles. The second kappa shape index (κ2) is 8.89. The van der Waals surface area contributed by atoms with Crippen LogP contribution in [-0.2, 0) is 16.0 Å². The molecule has 7 nitrogen and oxygen atoms in total. The maximum absolute atomic E-state index is 12.1. The molecule has 3 N–H and O–H groups in total. The van der Waals surface area contributed by atoms with Crippen LogP contribution in [0.15, 0.2) is 24.3 Å². The Kier molecular flexibility index (Phi) is 7.21. The molecule has 0 fully saturated rings. The van der Waals surface area contributed by atoms with E-state index in [0.29, 0.717) is 0 Å². The third kappa shape index (κ3) is 5.71. The number of anilines is 1. The van der Waals surface area contributed by atoms with Gasteiger partial charge in [-0.3, -0.25) is 19.8 Å². The van der Waals surface area contributed by atoms with Gasteiger partial charge in [0, 0.05) is 12.7 Å². The number of nitrogens with one attached hydrogen (secondary N) is 3. The van der Waals surface area contributed by atoms with Crippen molar-refractivity contribution in [2.45, 2.75) is 26.3 Å². The number of hydrogen-bond acceptors (Lipinski definition) is 4. The number of para-hydroxylation sites is 1. The number of likely N-dealkylation sites (N-methyl/N-ethyl adjacent to an activating group) is 1. The first-order valence-corrected chi connectivity index (χ1v) is 7.49. The smallest absolute Gasteiger partial charge is 0.321 e. The van der Waals surface area contributed by atoms with Crippen LogP contribution in [0.4, 0.5) is 10.5 Å². The van der Waals surface area contributed by atoms with E-state index in [1.54, 1.807) is 18.9 Å². The average molecular weight is 320 g/mol. The summed E-state index contributed by atoms with van der Waals surface area (Å²) < 4.78 is 0. The molecule has 0 radical (unpaired) electrons. The molecule has 0 aliphatic carbocycles. The highest BCUT2D eigenvalue weighted by molar-refractivity contribution is 5.97. The summed E-state index contributed by atoms with van der Waals surface area (Å²) >= 11 is 0. The molecule has 23 heavy (non-hydrogen) atoms. The molecule has 0 spiro atoms. The minimum atomic E-state index is -0.612. The third-order valence-corrected chi connectivity index (χ3v) is 3.57. The Morgan fingerprint density at radius 2 is 1.87 bits per heavy atom. The van der Waals surface area contributed by atoms with Crippen LogP contribution in [0.1, 0.15) is 19.4 Å². The van der Waals surface area contributed by atoms with Gasteiger partial charge >= 0.3 is 6.03 Å². The molecule has 0 saturated heterocycles. The fraction of sp³-hybridized carbons (Fsp3) is 0.438. The number of imide groups is 1. The number of benzene rings is 1. The molecule has 0 aliphatic rings. The van der Waals surface area contributed by atoms with Crippen molar-refractivity contribution in [3.8, 4) is 0 Å². The van der Waals surface area contributed by atoms with E-state index in [1.165, 1.54) is 7.05 Å². The van der Waals surface area contributed by atoms with E-state index in [2.05, 4.69) is 16.0 Å². The molecule has 4 amide bonds. The quantitative estimate of drug-likeness (QED) is 0.728. The Labute approximate surface area is 136 Å². The van der Waals surface area contributed by atoms with Crippen molar-refractivity contribution in [2.75, 3.05) is 26.0 Å². The predicted molar refractivity (Wildman–Crippen MR) is 89.1 cm³/mol. The number of nitrogens with zero attached hydrogens (tertiary/aromatic N) is 1. The third-order valence-electron chi connectivity index (χ3n) is 3.57. The molecule has 7 heteroatoms. The molecule has 0 aliphatic heterocycles. The number of carbonyl (C=O) groups excluding carboxylic acids is 3. The zero-order valence-electron chi connectivity index (χ0n) is 14.0. The maximum Gasteiger partial charge on any atom is 0.321 e. The Morgan fingerprint density at radius 3 is 2.48 bits per heavy atom. The molecular formula is C16H24N4O3. The monoisotopic (exact) mass is 320 g/mol. The molecule has 1 aromatic carbocycles. The van der Waals surface area contributed by atoms with Crippen LogP contribution in [0.2, 0.25) is 0 Å². The molecule has 0 aromatic heterocycles. The molecular weight excluding hydrogens is 296 g/mol. The second-order valence-electron chi connectivity index (χ2n) is 5.22. The number of hydrogen-bond donors (Lipinski definition) is 3. The molecule has 1 aromatic rings. The van der Waals surface area contributed by atoms with Gasteiger partial charge in [-0.25, -0.2) is 4.79 Å². The zero-order valence-corrected chi connectivity index (χ0v) is 14.0. The lowest BCUT2D eigenvalue weighted by atomic mass is 10.1. The second-order valence-corrected chi connectivity index (χ2v) is 5.22. The van der Waals surface area contributed by atoms with Crippen LogP contribution in [-0.4, -0.2) is 49.4 Å². The van der Waals surface area contributed by atoms with Crippen LogP contribution in [0, 0.1) is 0 Å². The van der Waals surface area contributed by atoms with E-state index < -0.39 is 18.0 Å². The number of urea groups is 1. The van der Waals surface area contributed by atoms with Gasteiger partial charge in [-0.1, -0.05) is 25.1 Å². The lowest BCUT2D eigenvalue weighted by molar-refractivity contribution is -0.125. The standard InChI is InChI=1S/C16H24N4O3/c1-5-12-8-6-7-9-13(12)18-14(21)10-20(4)11(2)15(22)19-16(23)17-3/h6-9,11H,5,10H2,1-4H3,(H,18,21)(H2,17,19,22,23)/t11-/m1/s1. The van der Waals surface area contributed by atoms with Gasteiger partial charge in [0.15, 0.2) is 0 Å². The van der Waals surface area contributed by atoms with Gasteiger partial charge in [-0.2, -0.15) is 0 Å². The molecule has 0 unspecified atom stereocenters. The van der Waals surface area contributed by atoms with E-state index in [-0.39, 0.29) is 12.5 Å². The maximum atomic E-state index is 12.1. The number of rotatable bonds is 6. The van der Waals surface area contributed by atoms with E-state index in [9.17, 15) is 14.4 Å². The normalized spacial score (nSPS) is 11.7. The van der Waals surface area contributed by atoms with Crippen molar-refractivity contribution >= 4 is 23.5 Å². The molecule has 0 bridgehead atoms. The van der Waals surface area contributed by atoms with Crippen molar-refractivity contribution in [2.24, 2.45) is 0 Å². The first-order valence-electron chi connectivity index (χ1n) is 7.49. The van der Waals surface area contributed by atoms with Crippen molar-refractivity contribution < 1.29 is 14.4 Å². The summed E-state index contributed by atoms with van der Waals surface area (Å²) in [5, 5.41) is 7.34. The van der Waals surface area contributed by atoms with Gasteiger partial charge in [0.05, 0.1) is 12.6 Å². The Hall–Kier alpha value is -2.41. The Balaban J connectivity index is 2.59. The average Bonchev–Trinajstić information content (AvgIpc) is 2.54. The summed E-state index contributed by atoms with van der Waals surface area (Å²) in [5.41, 5.74) is 1.82. The van der Waals surface area contributed by atoms with Crippen LogP contribution in [0.25, 0.3) is 0 Å². The van der Waals surface area contributed by atoms with Crippen LogP contribution in [0.3, 0.4) is 0 Å². The zero-order chi connectivity index (χ0) is 17.4. The SMILES string of the molecule is CCc1ccccc1NC(=O)CN(C)[C@H](C)C(=O)NC(=O)NC. The van der Waals surface area contributed by atoms with Gasteiger partial charge in [-0.05, 0) is 32.0 Å². The van der Waals surface area contributed by atoms with Crippen LogP contribution < -0.4 is 16.0 Å². The number of carbonyl (C=O) groups is 3. The fourth-order valence-corrected chi connectivity index (χ4v) is 1.98. The van der Waals surface area contributed by atoms with Crippen molar-refractivity contribution in [1.82, 2.24) is 15.5 Å². The summed E-state index contributed by atoms with van der Waals surface area (Å²) in [6, 6.07) is 6.40. The van der Waals surface area contributed by atoms with Gasteiger partial charge in [0.2, 0.25) is 11.8 Å². The molecule has 126 valence electrons. The fourth-order valence-electron chi connectivity index (χ4n) is 1.98. The van der Waals surface area contributed by atoms with E-state index in [1.807, 2.05) is 31.2 Å². The summed E-state index contributed by atoms with van der Waals surface area (Å²) in [6.07, 6.45) is 0.817. The van der Waals surface area contributed by atoms with E-state index in [0.717, 1.165) is 17.7 Å². The lowest BCUT2D eigenvalue weighted by Crippen LogP contribution is -2.49. The Bertz CT molecular complexity index is 574. The predicted octanol–water partition coefficient (Wildman–Crippen LogP) is 0.963. The van der Waals surface area contributed by atoms with Crippen molar-refractivity contribution in [3.05, 3.63) is 29.8 Å². The summed E-state index contributed by atoms with van der Waals surface area (Å²) in [7, 11) is 3.08. The topological polar surface area (TPSA) is 90.5 Å². The lowest BCUT2D eigenvalue weighted by Gasteiger charge is -2.23. The summed E-state index contributed by atoms with van der Waals surface area (Å²) in [5.74, 6) is -0.679. The van der Waals surface area contributed by atoms with Crippen LogP contribution in [0.5, 0.6) is 0 Å². The first kappa shape index (κ1) is 18.6. The van der Waals surface area contributed by atoms with Gasteiger partial charge in [0.25, 0.3) is 0 Å². The summed E-state index contributed by atoms with van der Waals surface area (Å²) in [6.45, 7) is 3.69. The summed E-state index contributed by atoms with van der Waals surface area (Å²) in [4.78, 5) is 36.7. The molecule has 1 atom stereocenters. The van der Waals surface area contributed by atoms with E-state index in [4.69, 9.17) is 0 Å². The van der Waals surface area contributed by atoms with E-state index >= 15 is 0 Å². The number of aryl methyl sites for hydroxylation is 1. The van der Waals surface area contributed by atoms with Gasteiger partial charge in [0.1, 0.15) is 0 Å². The minimum Gasteiger partial charge on any atom is -0.341 e. The Morgan fingerprint density at radius 1 is 1.22 bits per heavy atom. The first-order chi connectivity index (χ1) is 10.9. The molecule has 0 heterocycles. The molecule has 1 rings (SSSR count). The highest BCUT2D eigenvalue weighted by Crippen LogP contribution is 2.15. The number of amides is 4. The van der Waals surface area contributed by atoms with Gasteiger partial charge in [-0.15, -0.1) is 0 Å². The highest BCUT2D eigenvalue weighted by atomic mass is 16.2. The minimum absolute atomic E-state index is 0.0420.